The molecule has 0 atom stereocenters. The van der Waals surface area contributed by atoms with Crippen molar-refractivity contribution in [1.82, 2.24) is 10.2 Å². The third-order valence-corrected chi connectivity index (χ3v) is 5.52. The lowest BCUT2D eigenvalue weighted by Gasteiger charge is -2.37. The van der Waals surface area contributed by atoms with Crippen molar-refractivity contribution in [2.45, 2.75) is 26.7 Å². The van der Waals surface area contributed by atoms with E-state index in [0.29, 0.717) is 13.0 Å². The van der Waals surface area contributed by atoms with E-state index >= 15 is 0 Å². The Kier molecular flexibility index (Phi) is 6.88. The number of hydrogen-bond donors (Lipinski definition) is 1. The molecule has 0 radical (unpaired) electrons. The van der Waals surface area contributed by atoms with Crippen LogP contribution in [0.2, 0.25) is 0 Å². The summed E-state index contributed by atoms with van der Waals surface area (Å²) < 4.78 is 0. The number of piperazine rings is 1. The van der Waals surface area contributed by atoms with Gasteiger partial charge in [0, 0.05) is 51.4 Å². The van der Waals surface area contributed by atoms with Gasteiger partial charge in [0.05, 0.1) is 0 Å². The van der Waals surface area contributed by atoms with E-state index in [1.54, 1.807) is 0 Å². The quantitative estimate of drug-likeness (QED) is 0.819. The predicted octanol–water partition coefficient (Wildman–Crippen LogP) is 3.17. The van der Waals surface area contributed by atoms with Crippen LogP contribution in [-0.4, -0.2) is 50.1 Å². The second-order valence-corrected chi connectivity index (χ2v) is 7.38. The first-order valence-electron chi connectivity index (χ1n) is 9.97. The van der Waals surface area contributed by atoms with E-state index < -0.39 is 0 Å². The topological polar surface area (TPSA) is 35.6 Å². The average Bonchev–Trinajstić information content (AvgIpc) is 2.70. The number of carbonyl (C=O) groups is 1. The van der Waals surface area contributed by atoms with Crippen molar-refractivity contribution in [1.29, 1.82) is 0 Å². The molecule has 4 nitrogen and oxygen atoms in total. The molecule has 2 aromatic rings. The van der Waals surface area contributed by atoms with E-state index in [1.165, 1.54) is 22.4 Å². The fraction of sp³-hybridized carbons (Fsp3) is 0.435. The highest BCUT2D eigenvalue weighted by Gasteiger charge is 2.19. The Morgan fingerprint density at radius 3 is 2.44 bits per heavy atom. The minimum atomic E-state index is 0.155. The summed E-state index contributed by atoms with van der Waals surface area (Å²) in [7, 11) is 0. The average molecular weight is 366 g/mol. The largest absolute Gasteiger partial charge is 0.369 e. The number of anilines is 1. The number of nitrogens with zero attached hydrogens (tertiary/aromatic N) is 2. The zero-order valence-electron chi connectivity index (χ0n) is 16.6. The van der Waals surface area contributed by atoms with Crippen LogP contribution in [0.1, 0.15) is 23.1 Å². The molecule has 1 fully saturated rings. The molecule has 0 bridgehead atoms. The maximum atomic E-state index is 12.1. The number of aryl methyl sites for hydroxylation is 1. The van der Waals surface area contributed by atoms with E-state index in [-0.39, 0.29) is 5.91 Å². The molecule has 0 spiro atoms. The molecule has 1 N–H and O–H groups in total. The first-order valence-corrected chi connectivity index (χ1v) is 9.97. The number of hydrogen-bond acceptors (Lipinski definition) is 3. The highest BCUT2D eigenvalue weighted by atomic mass is 16.1. The van der Waals surface area contributed by atoms with Gasteiger partial charge in [-0.2, -0.15) is 0 Å². The molecule has 0 aromatic heterocycles. The maximum absolute atomic E-state index is 12.1. The first-order chi connectivity index (χ1) is 13.1. The molecular weight excluding hydrogens is 334 g/mol. The molecule has 1 aliphatic heterocycles. The van der Waals surface area contributed by atoms with Crippen molar-refractivity contribution < 1.29 is 4.79 Å². The van der Waals surface area contributed by atoms with Gasteiger partial charge in [-0.3, -0.25) is 9.69 Å². The van der Waals surface area contributed by atoms with Gasteiger partial charge in [-0.15, -0.1) is 0 Å². The van der Waals surface area contributed by atoms with Crippen molar-refractivity contribution in [2.24, 2.45) is 0 Å². The molecule has 1 aliphatic rings. The number of carbonyl (C=O) groups excluding carboxylic acids is 1. The van der Waals surface area contributed by atoms with Crippen LogP contribution in [0.3, 0.4) is 0 Å². The Balaban J connectivity index is 1.35. The maximum Gasteiger partial charge on any atom is 0.221 e. The van der Waals surface area contributed by atoms with Crippen molar-refractivity contribution in [3.8, 4) is 0 Å². The molecule has 0 aliphatic carbocycles. The molecule has 27 heavy (non-hydrogen) atoms. The predicted molar refractivity (Wildman–Crippen MR) is 112 cm³/mol. The molecule has 0 unspecified atom stereocenters. The summed E-state index contributed by atoms with van der Waals surface area (Å²) in [5.74, 6) is 0.155. The van der Waals surface area contributed by atoms with Gasteiger partial charge in [0.15, 0.2) is 0 Å². The van der Waals surface area contributed by atoms with Crippen LogP contribution in [0.4, 0.5) is 5.69 Å². The Hall–Kier alpha value is -2.33. The van der Waals surface area contributed by atoms with E-state index in [2.05, 4.69) is 59.3 Å². The summed E-state index contributed by atoms with van der Waals surface area (Å²) >= 11 is 0. The summed E-state index contributed by atoms with van der Waals surface area (Å²) in [5, 5.41) is 3.04. The second-order valence-electron chi connectivity index (χ2n) is 7.38. The van der Waals surface area contributed by atoms with E-state index in [0.717, 1.165) is 39.1 Å². The molecule has 0 saturated carbocycles. The third kappa shape index (κ3) is 5.57. The van der Waals surface area contributed by atoms with Gasteiger partial charge in [-0.25, -0.2) is 0 Å². The summed E-state index contributed by atoms with van der Waals surface area (Å²) in [5.41, 5.74) is 5.35. The number of benzene rings is 2. The van der Waals surface area contributed by atoms with Crippen LogP contribution < -0.4 is 10.2 Å². The summed E-state index contributed by atoms with van der Waals surface area (Å²) in [4.78, 5) is 17.0. The fourth-order valence-electron chi connectivity index (χ4n) is 3.63. The van der Waals surface area contributed by atoms with Gasteiger partial charge >= 0.3 is 0 Å². The van der Waals surface area contributed by atoms with E-state index in [9.17, 15) is 4.79 Å². The molecule has 1 saturated heterocycles. The Bertz CT molecular complexity index is 737. The molecule has 1 amide bonds. The van der Waals surface area contributed by atoms with E-state index in [4.69, 9.17) is 0 Å². The summed E-state index contributed by atoms with van der Waals surface area (Å²) in [6.07, 6.45) is 1.47. The van der Waals surface area contributed by atoms with Crippen molar-refractivity contribution in [3.05, 3.63) is 65.2 Å². The van der Waals surface area contributed by atoms with Gasteiger partial charge < -0.3 is 10.2 Å². The molecule has 3 rings (SSSR count). The zero-order chi connectivity index (χ0) is 19.1. The van der Waals surface area contributed by atoms with Crippen LogP contribution in [0.15, 0.2) is 48.5 Å². The van der Waals surface area contributed by atoms with Crippen LogP contribution in [0.25, 0.3) is 0 Å². The standard InChI is InChI=1S/C23H31N3O/c1-19-7-6-10-22(20(19)2)26-17-15-25(16-18-26)14-12-23(27)24-13-11-21-8-4-3-5-9-21/h3-10H,11-18H2,1-2H3,(H,24,27). The highest BCUT2D eigenvalue weighted by molar-refractivity contribution is 5.76. The Morgan fingerprint density at radius 1 is 0.963 bits per heavy atom. The number of rotatable bonds is 7. The van der Waals surface area contributed by atoms with Gasteiger partial charge in [0.2, 0.25) is 5.91 Å². The lowest BCUT2D eigenvalue weighted by atomic mass is 10.1. The minimum Gasteiger partial charge on any atom is -0.369 e. The van der Waals surface area contributed by atoms with Gasteiger partial charge in [0.25, 0.3) is 0 Å². The fourth-order valence-corrected chi connectivity index (χ4v) is 3.63. The molecule has 1 heterocycles. The highest BCUT2D eigenvalue weighted by Crippen LogP contribution is 2.23. The second kappa shape index (κ2) is 9.56. The van der Waals surface area contributed by atoms with Crippen LogP contribution in [-0.2, 0) is 11.2 Å². The Morgan fingerprint density at radius 2 is 1.70 bits per heavy atom. The lowest BCUT2D eigenvalue weighted by molar-refractivity contribution is -0.121. The molecular formula is C23H31N3O. The lowest BCUT2D eigenvalue weighted by Crippen LogP contribution is -2.47. The van der Waals surface area contributed by atoms with Crippen LogP contribution in [0.5, 0.6) is 0 Å². The molecule has 144 valence electrons. The van der Waals surface area contributed by atoms with Gasteiger partial charge in [-0.05, 0) is 43.0 Å². The monoisotopic (exact) mass is 365 g/mol. The summed E-state index contributed by atoms with van der Waals surface area (Å²) in [6.45, 7) is 10.0. The van der Waals surface area contributed by atoms with Crippen molar-refractivity contribution in [2.75, 3.05) is 44.2 Å². The van der Waals surface area contributed by atoms with Crippen LogP contribution >= 0.6 is 0 Å². The number of amides is 1. The van der Waals surface area contributed by atoms with Gasteiger partial charge in [-0.1, -0.05) is 42.5 Å². The van der Waals surface area contributed by atoms with Crippen LogP contribution in [0, 0.1) is 13.8 Å². The summed E-state index contributed by atoms with van der Waals surface area (Å²) in [6, 6.07) is 16.8. The smallest absolute Gasteiger partial charge is 0.221 e. The first kappa shape index (κ1) is 19.4. The molecule has 2 aromatic carbocycles. The SMILES string of the molecule is Cc1cccc(N2CCN(CCC(=O)NCCc3ccccc3)CC2)c1C. The zero-order valence-corrected chi connectivity index (χ0v) is 16.6. The number of nitrogens with one attached hydrogen (secondary N) is 1. The molecule has 4 heteroatoms. The third-order valence-electron chi connectivity index (χ3n) is 5.52. The van der Waals surface area contributed by atoms with E-state index in [1.807, 2.05) is 18.2 Å². The van der Waals surface area contributed by atoms with Crippen molar-refractivity contribution in [3.63, 3.8) is 0 Å². The minimum absolute atomic E-state index is 0.155. The van der Waals surface area contributed by atoms with Gasteiger partial charge in [0.1, 0.15) is 0 Å². The van der Waals surface area contributed by atoms with Crippen molar-refractivity contribution >= 4 is 11.6 Å². The Labute approximate surface area is 163 Å². The normalized spacial score (nSPS) is 15.0.